The molecule has 0 fully saturated rings. The Morgan fingerprint density at radius 1 is 0.852 bits per heavy atom. The smallest absolute Gasteiger partial charge is 0.224 e. The summed E-state index contributed by atoms with van der Waals surface area (Å²) in [4.78, 5) is 12.1. The highest BCUT2D eigenvalue weighted by molar-refractivity contribution is 5.90. The van der Waals surface area contributed by atoms with Gasteiger partial charge in [-0.1, -0.05) is 49.3 Å². The first-order valence-electron chi connectivity index (χ1n) is 10.5. The quantitative estimate of drug-likeness (QED) is 0.239. The number of benzene rings is 1. The van der Waals surface area contributed by atoms with E-state index in [0.717, 1.165) is 50.6 Å². The van der Waals surface area contributed by atoms with Crippen molar-refractivity contribution >= 4 is 11.6 Å². The van der Waals surface area contributed by atoms with Gasteiger partial charge in [-0.25, -0.2) is 0 Å². The maximum Gasteiger partial charge on any atom is 0.224 e. The van der Waals surface area contributed by atoms with Crippen LogP contribution in [0.2, 0.25) is 0 Å². The summed E-state index contributed by atoms with van der Waals surface area (Å²) in [6.07, 6.45) is 21.4. The van der Waals surface area contributed by atoms with Gasteiger partial charge in [-0.2, -0.15) is 0 Å². The lowest BCUT2D eigenvalue weighted by Crippen LogP contribution is -2.11. The third-order valence-electron chi connectivity index (χ3n) is 4.57. The summed E-state index contributed by atoms with van der Waals surface area (Å²) in [5.41, 5.74) is 2.19. The molecule has 148 valence electrons. The Bertz CT molecular complexity index is 573. The second kappa shape index (κ2) is 16.1. The third kappa shape index (κ3) is 12.8. The van der Waals surface area contributed by atoms with E-state index in [2.05, 4.69) is 42.8 Å². The number of anilines is 1. The lowest BCUT2D eigenvalue weighted by Gasteiger charge is -2.07. The SMILES string of the molecule is C=CCCCC/C=C\CCc1cccc(NC(=O)CCCCCCC=C)c1. The zero-order valence-corrected chi connectivity index (χ0v) is 16.9. The molecule has 0 aliphatic rings. The van der Waals surface area contributed by atoms with Crippen molar-refractivity contribution < 1.29 is 4.79 Å². The molecule has 1 aromatic rings. The van der Waals surface area contributed by atoms with Gasteiger partial charge >= 0.3 is 0 Å². The molecule has 27 heavy (non-hydrogen) atoms. The summed E-state index contributed by atoms with van der Waals surface area (Å²) in [6.45, 7) is 7.48. The van der Waals surface area contributed by atoms with Crippen molar-refractivity contribution in [3.05, 3.63) is 67.3 Å². The van der Waals surface area contributed by atoms with Crippen LogP contribution in [-0.2, 0) is 11.2 Å². The number of amides is 1. The van der Waals surface area contributed by atoms with Crippen LogP contribution >= 0.6 is 0 Å². The van der Waals surface area contributed by atoms with Crippen molar-refractivity contribution in [3.63, 3.8) is 0 Å². The van der Waals surface area contributed by atoms with Gasteiger partial charge in [0.15, 0.2) is 0 Å². The molecule has 1 rings (SSSR count). The lowest BCUT2D eigenvalue weighted by molar-refractivity contribution is -0.116. The van der Waals surface area contributed by atoms with Gasteiger partial charge in [-0.15, -0.1) is 13.2 Å². The minimum Gasteiger partial charge on any atom is -0.326 e. The Morgan fingerprint density at radius 2 is 1.52 bits per heavy atom. The molecule has 0 bridgehead atoms. The Hall–Kier alpha value is -2.09. The Balaban J connectivity index is 2.22. The second-order valence-electron chi connectivity index (χ2n) is 7.07. The van der Waals surface area contributed by atoms with Crippen LogP contribution in [0, 0.1) is 0 Å². The van der Waals surface area contributed by atoms with E-state index >= 15 is 0 Å². The molecule has 0 spiro atoms. The van der Waals surface area contributed by atoms with Gasteiger partial charge in [0.25, 0.3) is 0 Å². The predicted octanol–water partition coefficient (Wildman–Crippen LogP) is 7.39. The molecule has 1 aromatic carbocycles. The monoisotopic (exact) mass is 367 g/mol. The van der Waals surface area contributed by atoms with Crippen molar-refractivity contribution in [2.45, 2.75) is 77.0 Å². The van der Waals surface area contributed by atoms with Crippen LogP contribution in [0.15, 0.2) is 61.7 Å². The van der Waals surface area contributed by atoms with Crippen molar-refractivity contribution in [1.82, 2.24) is 0 Å². The molecule has 0 radical (unpaired) electrons. The average Bonchev–Trinajstić information content (AvgIpc) is 2.67. The van der Waals surface area contributed by atoms with Gasteiger partial charge in [-0.3, -0.25) is 4.79 Å². The number of nitrogens with one attached hydrogen (secondary N) is 1. The van der Waals surface area contributed by atoms with Crippen LogP contribution in [-0.4, -0.2) is 5.91 Å². The highest BCUT2D eigenvalue weighted by atomic mass is 16.1. The molecule has 2 nitrogen and oxygen atoms in total. The summed E-state index contributed by atoms with van der Waals surface area (Å²) in [5.74, 6) is 0.121. The van der Waals surface area contributed by atoms with E-state index in [1.165, 1.54) is 31.2 Å². The molecular formula is C25H37NO. The molecule has 0 aliphatic carbocycles. The molecule has 0 unspecified atom stereocenters. The van der Waals surface area contributed by atoms with Crippen molar-refractivity contribution in [2.75, 3.05) is 5.32 Å². The zero-order chi connectivity index (χ0) is 19.6. The van der Waals surface area contributed by atoms with Crippen molar-refractivity contribution in [2.24, 2.45) is 0 Å². The first kappa shape index (κ1) is 23.0. The second-order valence-corrected chi connectivity index (χ2v) is 7.07. The molecule has 0 heterocycles. The zero-order valence-electron chi connectivity index (χ0n) is 16.9. The molecule has 1 amide bonds. The van der Waals surface area contributed by atoms with E-state index in [4.69, 9.17) is 0 Å². The van der Waals surface area contributed by atoms with Gasteiger partial charge in [0.05, 0.1) is 0 Å². The minimum absolute atomic E-state index is 0.121. The van der Waals surface area contributed by atoms with Gasteiger partial charge in [0, 0.05) is 12.1 Å². The van der Waals surface area contributed by atoms with Gasteiger partial charge < -0.3 is 5.32 Å². The lowest BCUT2D eigenvalue weighted by atomic mass is 10.1. The summed E-state index contributed by atoms with van der Waals surface area (Å²) in [7, 11) is 0. The van der Waals surface area contributed by atoms with Gasteiger partial charge in [0.2, 0.25) is 5.91 Å². The molecular weight excluding hydrogens is 330 g/mol. The van der Waals surface area contributed by atoms with E-state index in [1.54, 1.807) is 0 Å². The average molecular weight is 368 g/mol. The summed E-state index contributed by atoms with van der Waals surface area (Å²) in [5, 5.41) is 3.03. The van der Waals surface area contributed by atoms with Crippen LogP contribution < -0.4 is 5.32 Å². The summed E-state index contributed by atoms with van der Waals surface area (Å²) >= 11 is 0. The largest absolute Gasteiger partial charge is 0.326 e. The number of hydrogen-bond acceptors (Lipinski definition) is 1. The number of unbranched alkanes of at least 4 members (excludes halogenated alkanes) is 7. The molecule has 0 saturated carbocycles. The number of carbonyl (C=O) groups is 1. The maximum absolute atomic E-state index is 12.1. The van der Waals surface area contributed by atoms with E-state index in [1.807, 2.05) is 24.3 Å². The number of carbonyl (C=O) groups excluding carboxylic acids is 1. The third-order valence-corrected chi connectivity index (χ3v) is 4.57. The van der Waals surface area contributed by atoms with Crippen LogP contribution in [0.5, 0.6) is 0 Å². The number of rotatable bonds is 16. The topological polar surface area (TPSA) is 29.1 Å². The highest BCUT2D eigenvalue weighted by Gasteiger charge is 2.03. The van der Waals surface area contributed by atoms with Crippen LogP contribution in [0.1, 0.15) is 76.2 Å². The fraction of sp³-hybridized carbons (Fsp3) is 0.480. The predicted molar refractivity (Wildman–Crippen MR) is 119 cm³/mol. The molecule has 0 atom stereocenters. The van der Waals surface area contributed by atoms with Gasteiger partial charge in [0.1, 0.15) is 0 Å². The number of aryl methyl sites for hydroxylation is 1. The summed E-state index contributed by atoms with van der Waals surface area (Å²) < 4.78 is 0. The van der Waals surface area contributed by atoms with Crippen LogP contribution in [0.3, 0.4) is 0 Å². The minimum atomic E-state index is 0.121. The van der Waals surface area contributed by atoms with E-state index < -0.39 is 0 Å². The molecule has 2 heteroatoms. The van der Waals surface area contributed by atoms with Gasteiger partial charge in [-0.05, 0) is 75.5 Å². The van der Waals surface area contributed by atoms with E-state index in [-0.39, 0.29) is 5.91 Å². The molecule has 0 aliphatic heterocycles. The maximum atomic E-state index is 12.1. The van der Waals surface area contributed by atoms with E-state index in [9.17, 15) is 4.79 Å². The number of hydrogen-bond donors (Lipinski definition) is 1. The first-order valence-corrected chi connectivity index (χ1v) is 10.5. The Kier molecular flexibility index (Phi) is 13.7. The normalized spacial score (nSPS) is 10.8. The molecule has 0 aromatic heterocycles. The van der Waals surface area contributed by atoms with Crippen molar-refractivity contribution in [1.29, 1.82) is 0 Å². The Labute approximate surface area is 166 Å². The Morgan fingerprint density at radius 3 is 2.30 bits per heavy atom. The van der Waals surface area contributed by atoms with Crippen molar-refractivity contribution in [3.8, 4) is 0 Å². The number of allylic oxidation sites excluding steroid dienone is 4. The van der Waals surface area contributed by atoms with Crippen LogP contribution in [0.4, 0.5) is 5.69 Å². The van der Waals surface area contributed by atoms with Crippen LogP contribution in [0.25, 0.3) is 0 Å². The summed E-state index contributed by atoms with van der Waals surface area (Å²) in [6, 6.07) is 8.23. The fourth-order valence-electron chi connectivity index (χ4n) is 2.99. The molecule has 1 N–H and O–H groups in total. The van der Waals surface area contributed by atoms with E-state index in [0.29, 0.717) is 6.42 Å². The highest BCUT2D eigenvalue weighted by Crippen LogP contribution is 2.14. The fourth-order valence-corrected chi connectivity index (χ4v) is 2.99. The first-order chi connectivity index (χ1) is 13.3. The molecule has 0 saturated heterocycles. The standard InChI is InChI=1S/C25H37NO/c1-3-5-7-9-11-12-13-15-18-23-19-17-20-24(22-23)26-25(27)21-16-14-10-8-6-4-2/h3-4,12-13,17,19-20,22H,1-2,5-11,14-16,18,21H2,(H,26,27)/b13-12-.